The standard InChI is InChI=1S/C17H28N2/c1-13-8-9-16(11-14(13)2)15(3)18-12-17-7-5-6-10-19(17)4/h8-9,11,15,17-18H,5-7,10,12H2,1-4H3. The highest BCUT2D eigenvalue weighted by Crippen LogP contribution is 2.18. The van der Waals surface area contributed by atoms with E-state index in [0.717, 1.165) is 6.54 Å². The molecule has 0 aliphatic carbocycles. The SMILES string of the molecule is Cc1ccc(C(C)NCC2CCCCN2C)cc1C. The summed E-state index contributed by atoms with van der Waals surface area (Å²) >= 11 is 0. The molecule has 1 aliphatic heterocycles. The normalized spacial score (nSPS) is 22.4. The molecule has 0 bridgehead atoms. The Bertz CT molecular complexity index is 414. The van der Waals surface area contributed by atoms with Gasteiger partial charge in [0.1, 0.15) is 0 Å². The van der Waals surface area contributed by atoms with Crippen LogP contribution in [0.1, 0.15) is 48.9 Å². The molecule has 19 heavy (non-hydrogen) atoms. The molecule has 2 unspecified atom stereocenters. The third-order valence-corrected chi connectivity index (χ3v) is 4.61. The lowest BCUT2D eigenvalue weighted by atomic mass is 10.00. The lowest BCUT2D eigenvalue weighted by molar-refractivity contribution is 0.178. The van der Waals surface area contributed by atoms with Gasteiger partial charge in [-0.3, -0.25) is 0 Å². The van der Waals surface area contributed by atoms with Crippen LogP contribution in [-0.2, 0) is 0 Å². The summed E-state index contributed by atoms with van der Waals surface area (Å²) in [5, 5.41) is 3.70. The first-order chi connectivity index (χ1) is 9.08. The molecule has 2 rings (SSSR count). The molecule has 1 saturated heterocycles. The van der Waals surface area contributed by atoms with Crippen LogP contribution in [0.3, 0.4) is 0 Å². The van der Waals surface area contributed by atoms with Crippen LogP contribution in [0.2, 0.25) is 0 Å². The molecule has 0 radical (unpaired) electrons. The van der Waals surface area contributed by atoms with Crippen LogP contribution < -0.4 is 5.32 Å². The Hall–Kier alpha value is -0.860. The summed E-state index contributed by atoms with van der Waals surface area (Å²) in [5.74, 6) is 0. The summed E-state index contributed by atoms with van der Waals surface area (Å²) in [5.41, 5.74) is 4.17. The number of hydrogen-bond acceptors (Lipinski definition) is 2. The number of likely N-dealkylation sites (N-methyl/N-ethyl adjacent to an activating group) is 1. The van der Waals surface area contributed by atoms with Gasteiger partial charge in [-0.15, -0.1) is 0 Å². The number of benzene rings is 1. The highest BCUT2D eigenvalue weighted by Gasteiger charge is 2.19. The Morgan fingerprint density at radius 2 is 2.05 bits per heavy atom. The highest BCUT2D eigenvalue weighted by atomic mass is 15.2. The van der Waals surface area contributed by atoms with Gasteiger partial charge in [-0.1, -0.05) is 24.6 Å². The first-order valence-electron chi connectivity index (χ1n) is 7.58. The predicted octanol–water partition coefficient (Wildman–Crippen LogP) is 3.44. The lowest BCUT2D eigenvalue weighted by Crippen LogP contribution is -2.43. The van der Waals surface area contributed by atoms with Gasteiger partial charge < -0.3 is 10.2 Å². The van der Waals surface area contributed by atoms with Crippen molar-refractivity contribution in [1.29, 1.82) is 0 Å². The lowest BCUT2D eigenvalue weighted by Gasteiger charge is -2.33. The van der Waals surface area contributed by atoms with Crippen LogP contribution >= 0.6 is 0 Å². The summed E-state index contributed by atoms with van der Waals surface area (Å²) in [6.07, 6.45) is 4.08. The topological polar surface area (TPSA) is 15.3 Å². The molecule has 2 atom stereocenters. The maximum Gasteiger partial charge on any atom is 0.0292 e. The minimum Gasteiger partial charge on any atom is -0.309 e. The first-order valence-corrected chi connectivity index (χ1v) is 7.58. The number of nitrogens with zero attached hydrogens (tertiary/aromatic N) is 1. The van der Waals surface area contributed by atoms with Crippen LogP contribution in [-0.4, -0.2) is 31.1 Å². The molecular weight excluding hydrogens is 232 g/mol. The zero-order valence-electron chi connectivity index (χ0n) is 12.9. The average molecular weight is 260 g/mol. The number of likely N-dealkylation sites (tertiary alicyclic amines) is 1. The third-order valence-electron chi connectivity index (χ3n) is 4.61. The van der Waals surface area contributed by atoms with Crippen molar-refractivity contribution in [3.8, 4) is 0 Å². The molecule has 1 N–H and O–H groups in total. The Morgan fingerprint density at radius 1 is 1.26 bits per heavy atom. The molecule has 1 fully saturated rings. The molecule has 0 saturated carbocycles. The minimum atomic E-state index is 0.439. The third kappa shape index (κ3) is 3.80. The number of rotatable bonds is 4. The summed E-state index contributed by atoms with van der Waals surface area (Å²) < 4.78 is 0. The molecule has 1 heterocycles. The van der Waals surface area contributed by atoms with Crippen molar-refractivity contribution in [2.24, 2.45) is 0 Å². The van der Waals surface area contributed by atoms with E-state index in [2.05, 4.69) is 56.2 Å². The van der Waals surface area contributed by atoms with E-state index < -0.39 is 0 Å². The van der Waals surface area contributed by atoms with Gasteiger partial charge in [0.15, 0.2) is 0 Å². The quantitative estimate of drug-likeness (QED) is 0.892. The van der Waals surface area contributed by atoms with E-state index in [-0.39, 0.29) is 0 Å². The maximum atomic E-state index is 3.70. The van der Waals surface area contributed by atoms with Crippen molar-refractivity contribution in [1.82, 2.24) is 10.2 Å². The molecular formula is C17H28N2. The van der Waals surface area contributed by atoms with Crippen molar-refractivity contribution in [2.45, 2.75) is 52.1 Å². The summed E-state index contributed by atoms with van der Waals surface area (Å²) in [4.78, 5) is 2.50. The molecule has 1 aromatic carbocycles. The van der Waals surface area contributed by atoms with E-state index in [0.29, 0.717) is 12.1 Å². The monoisotopic (exact) mass is 260 g/mol. The Kier molecular flexibility index (Phi) is 5.00. The van der Waals surface area contributed by atoms with Crippen LogP contribution in [0.25, 0.3) is 0 Å². The van der Waals surface area contributed by atoms with Gasteiger partial charge in [0.25, 0.3) is 0 Å². The van der Waals surface area contributed by atoms with Crippen molar-refractivity contribution in [3.63, 3.8) is 0 Å². The van der Waals surface area contributed by atoms with E-state index in [4.69, 9.17) is 0 Å². The van der Waals surface area contributed by atoms with Crippen molar-refractivity contribution >= 4 is 0 Å². The van der Waals surface area contributed by atoms with E-state index >= 15 is 0 Å². The number of piperidine rings is 1. The Labute approximate surface area is 118 Å². The van der Waals surface area contributed by atoms with Crippen molar-refractivity contribution in [3.05, 3.63) is 34.9 Å². The minimum absolute atomic E-state index is 0.439. The zero-order valence-corrected chi connectivity index (χ0v) is 12.9. The molecule has 2 nitrogen and oxygen atoms in total. The molecule has 1 aliphatic rings. The summed E-state index contributed by atoms with van der Waals surface area (Å²) in [7, 11) is 2.26. The van der Waals surface area contributed by atoms with Gasteiger partial charge in [-0.2, -0.15) is 0 Å². The van der Waals surface area contributed by atoms with Crippen molar-refractivity contribution < 1.29 is 0 Å². The fourth-order valence-corrected chi connectivity index (χ4v) is 2.87. The number of nitrogens with one attached hydrogen (secondary N) is 1. The second kappa shape index (κ2) is 6.53. The second-order valence-corrected chi connectivity index (χ2v) is 6.10. The second-order valence-electron chi connectivity index (χ2n) is 6.10. The van der Waals surface area contributed by atoms with E-state index in [9.17, 15) is 0 Å². The van der Waals surface area contributed by atoms with E-state index in [1.807, 2.05) is 0 Å². The van der Waals surface area contributed by atoms with Crippen LogP contribution in [0.4, 0.5) is 0 Å². The van der Waals surface area contributed by atoms with Gasteiger partial charge in [-0.05, 0) is 63.9 Å². The molecule has 0 amide bonds. The van der Waals surface area contributed by atoms with Gasteiger partial charge in [0.2, 0.25) is 0 Å². The fraction of sp³-hybridized carbons (Fsp3) is 0.647. The summed E-state index contributed by atoms with van der Waals surface area (Å²) in [6, 6.07) is 7.95. The largest absolute Gasteiger partial charge is 0.309 e. The Balaban J connectivity index is 1.89. The fourth-order valence-electron chi connectivity index (χ4n) is 2.87. The average Bonchev–Trinajstić information content (AvgIpc) is 2.40. The Morgan fingerprint density at radius 3 is 2.74 bits per heavy atom. The number of hydrogen-bond donors (Lipinski definition) is 1. The van der Waals surface area contributed by atoms with Gasteiger partial charge in [0, 0.05) is 18.6 Å². The van der Waals surface area contributed by atoms with E-state index in [1.54, 1.807) is 0 Å². The van der Waals surface area contributed by atoms with Gasteiger partial charge >= 0.3 is 0 Å². The first kappa shape index (κ1) is 14.5. The maximum absolute atomic E-state index is 3.70. The molecule has 0 aromatic heterocycles. The molecule has 0 spiro atoms. The smallest absolute Gasteiger partial charge is 0.0292 e. The predicted molar refractivity (Wildman–Crippen MR) is 82.6 cm³/mol. The molecule has 1 aromatic rings. The van der Waals surface area contributed by atoms with Crippen LogP contribution in [0.15, 0.2) is 18.2 Å². The summed E-state index contributed by atoms with van der Waals surface area (Å²) in [6.45, 7) is 9.00. The van der Waals surface area contributed by atoms with Crippen LogP contribution in [0, 0.1) is 13.8 Å². The highest BCUT2D eigenvalue weighted by molar-refractivity contribution is 5.31. The van der Waals surface area contributed by atoms with Gasteiger partial charge in [-0.25, -0.2) is 0 Å². The van der Waals surface area contributed by atoms with E-state index in [1.165, 1.54) is 42.5 Å². The molecule has 2 heteroatoms. The molecule has 106 valence electrons. The van der Waals surface area contributed by atoms with Crippen molar-refractivity contribution in [2.75, 3.05) is 20.1 Å². The van der Waals surface area contributed by atoms with Crippen LogP contribution in [0.5, 0.6) is 0 Å². The number of aryl methyl sites for hydroxylation is 2. The van der Waals surface area contributed by atoms with Gasteiger partial charge in [0.05, 0.1) is 0 Å². The zero-order chi connectivity index (χ0) is 13.8.